The number of primary amides is 1. The molecule has 0 aliphatic heterocycles. The van der Waals surface area contributed by atoms with Crippen molar-refractivity contribution >= 4 is 29.9 Å². The molecule has 1 aromatic rings. The van der Waals surface area contributed by atoms with E-state index in [0.29, 0.717) is 0 Å². The summed E-state index contributed by atoms with van der Waals surface area (Å²) in [5.74, 6) is -1.64. The number of carbonyl (C=O) groups is 3. The summed E-state index contributed by atoms with van der Waals surface area (Å²) in [6.07, 6.45) is 4.05. The molecule has 1 unspecified atom stereocenters. The highest BCUT2D eigenvalue weighted by Crippen LogP contribution is 2.06. The third kappa shape index (κ3) is 9.85. The lowest BCUT2D eigenvalue weighted by Gasteiger charge is -2.01. The highest BCUT2D eigenvalue weighted by Gasteiger charge is 2.11. The van der Waals surface area contributed by atoms with Crippen molar-refractivity contribution in [1.29, 1.82) is 0 Å². The van der Waals surface area contributed by atoms with Gasteiger partial charge in [0, 0.05) is 12.1 Å². The molecule has 0 spiro atoms. The summed E-state index contributed by atoms with van der Waals surface area (Å²) in [6, 6.07) is 6.33. The van der Waals surface area contributed by atoms with Crippen LogP contribution < -0.4 is 17.2 Å². The fraction of sp³-hybridized carbons (Fsp3) is 0.214. The normalized spacial score (nSPS) is 11.3. The second kappa shape index (κ2) is 10.2. The van der Waals surface area contributed by atoms with E-state index >= 15 is 0 Å². The monoisotopic (exact) mass is 293 g/mol. The number of allylic oxidation sites excluding steroid dienone is 1. The SMILES string of the molecule is NC(=O)CCC(N)C(=O)O.Nc1ccc(C=CC=O)cc1. The number of hydrogen-bond donors (Lipinski definition) is 4. The maximum absolute atomic E-state index is 10.1. The number of carboxylic acids is 1. The molecule has 7 nitrogen and oxygen atoms in total. The molecule has 0 aromatic heterocycles. The molecule has 21 heavy (non-hydrogen) atoms. The molecule has 0 bridgehead atoms. The number of hydrogen-bond acceptors (Lipinski definition) is 5. The lowest BCUT2D eigenvalue weighted by atomic mass is 10.2. The van der Waals surface area contributed by atoms with E-state index in [1.54, 1.807) is 18.2 Å². The van der Waals surface area contributed by atoms with E-state index in [0.717, 1.165) is 17.5 Å². The summed E-state index contributed by atoms with van der Waals surface area (Å²) in [4.78, 5) is 30.1. The van der Waals surface area contributed by atoms with Gasteiger partial charge in [-0.2, -0.15) is 0 Å². The fourth-order valence-corrected chi connectivity index (χ4v) is 1.18. The van der Waals surface area contributed by atoms with Crippen LogP contribution in [0.1, 0.15) is 18.4 Å². The number of anilines is 1. The van der Waals surface area contributed by atoms with E-state index in [2.05, 4.69) is 0 Å². The zero-order valence-corrected chi connectivity index (χ0v) is 11.4. The predicted molar refractivity (Wildman–Crippen MR) is 80.0 cm³/mol. The van der Waals surface area contributed by atoms with Crippen molar-refractivity contribution in [2.45, 2.75) is 18.9 Å². The largest absolute Gasteiger partial charge is 0.480 e. The van der Waals surface area contributed by atoms with Gasteiger partial charge in [-0.1, -0.05) is 18.2 Å². The van der Waals surface area contributed by atoms with Crippen molar-refractivity contribution < 1.29 is 19.5 Å². The molecular formula is C14H19N3O4. The van der Waals surface area contributed by atoms with Crippen molar-refractivity contribution in [3.05, 3.63) is 35.9 Å². The van der Waals surface area contributed by atoms with E-state index in [4.69, 9.17) is 22.3 Å². The summed E-state index contributed by atoms with van der Waals surface area (Å²) in [5.41, 5.74) is 17.0. The topological polar surface area (TPSA) is 150 Å². The molecular weight excluding hydrogens is 274 g/mol. The van der Waals surface area contributed by atoms with E-state index in [-0.39, 0.29) is 12.8 Å². The van der Waals surface area contributed by atoms with Crippen LogP contribution in [0.25, 0.3) is 6.08 Å². The lowest BCUT2D eigenvalue weighted by Crippen LogP contribution is -2.31. The van der Waals surface area contributed by atoms with Crippen LogP contribution in [0.2, 0.25) is 0 Å². The smallest absolute Gasteiger partial charge is 0.320 e. The summed E-state index contributed by atoms with van der Waals surface area (Å²) in [7, 11) is 0. The molecule has 1 atom stereocenters. The molecule has 0 aliphatic rings. The van der Waals surface area contributed by atoms with Crippen molar-refractivity contribution in [2.24, 2.45) is 11.5 Å². The van der Waals surface area contributed by atoms with E-state index in [1.807, 2.05) is 12.1 Å². The number of benzene rings is 1. The maximum Gasteiger partial charge on any atom is 0.320 e. The number of aliphatic carboxylic acids is 1. The van der Waals surface area contributed by atoms with Gasteiger partial charge in [-0.25, -0.2) is 0 Å². The Balaban J connectivity index is 0.000000384. The van der Waals surface area contributed by atoms with Crippen LogP contribution in [-0.4, -0.2) is 29.3 Å². The number of aldehydes is 1. The van der Waals surface area contributed by atoms with E-state index < -0.39 is 17.9 Å². The second-order valence-corrected chi connectivity index (χ2v) is 4.11. The zero-order chi connectivity index (χ0) is 16.3. The van der Waals surface area contributed by atoms with Gasteiger partial charge in [0.25, 0.3) is 0 Å². The molecule has 114 valence electrons. The Kier molecular flexibility index (Phi) is 8.87. The first-order chi connectivity index (χ1) is 9.86. The first kappa shape index (κ1) is 18.3. The standard InChI is InChI=1S/C9H9NO.C5H10N2O3/c10-9-5-3-8(4-6-9)2-1-7-11;6-3(5(9)10)1-2-4(7)8/h1-7H,10H2;3H,1-2,6H2,(H2,7,8)(H,9,10). The Morgan fingerprint density at radius 3 is 2.24 bits per heavy atom. The van der Waals surface area contributed by atoms with Gasteiger partial charge in [0.15, 0.2) is 0 Å². The number of carboxylic acid groups (broad SMARTS) is 1. The molecule has 0 aliphatic carbocycles. The first-order valence-corrected chi connectivity index (χ1v) is 6.11. The quantitative estimate of drug-likeness (QED) is 0.333. The van der Waals surface area contributed by atoms with Crippen molar-refractivity contribution in [3.63, 3.8) is 0 Å². The Hall–Kier alpha value is -2.67. The van der Waals surface area contributed by atoms with Crippen LogP contribution in [0, 0.1) is 0 Å². The molecule has 7 N–H and O–H groups in total. The van der Waals surface area contributed by atoms with Crippen LogP contribution in [0.5, 0.6) is 0 Å². The van der Waals surface area contributed by atoms with Crippen LogP contribution >= 0.6 is 0 Å². The highest BCUT2D eigenvalue weighted by molar-refractivity contribution is 5.77. The maximum atomic E-state index is 10.1. The van der Waals surface area contributed by atoms with Gasteiger partial charge in [0.05, 0.1) is 0 Å². The molecule has 0 fully saturated rings. The van der Waals surface area contributed by atoms with Crippen molar-refractivity contribution in [1.82, 2.24) is 0 Å². The molecule has 0 saturated heterocycles. The number of carbonyl (C=O) groups excluding carboxylic acids is 2. The van der Waals surface area contributed by atoms with Crippen molar-refractivity contribution in [3.8, 4) is 0 Å². The van der Waals surface area contributed by atoms with Gasteiger partial charge in [-0.3, -0.25) is 14.4 Å². The average Bonchev–Trinajstić information content (AvgIpc) is 2.44. The average molecular weight is 293 g/mol. The molecule has 1 aromatic carbocycles. The molecule has 7 heteroatoms. The Bertz CT molecular complexity index is 497. The first-order valence-electron chi connectivity index (χ1n) is 6.11. The zero-order valence-electron chi connectivity index (χ0n) is 11.4. The third-order valence-electron chi connectivity index (χ3n) is 2.32. The van der Waals surface area contributed by atoms with Crippen molar-refractivity contribution in [2.75, 3.05) is 5.73 Å². The Morgan fingerprint density at radius 1 is 1.24 bits per heavy atom. The molecule has 1 rings (SSSR count). The number of nitrogens with two attached hydrogens (primary N) is 3. The Morgan fingerprint density at radius 2 is 1.81 bits per heavy atom. The van der Waals surface area contributed by atoms with Crippen LogP contribution in [0.3, 0.4) is 0 Å². The fourth-order valence-electron chi connectivity index (χ4n) is 1.18. The van der Waals surface area contributed by atoms with Gasteiger partial charge in [-0.05, 0) is 30.2 Å². The molecule has 0 saturated carbocycles. The minimum Gasteiger partial charge on any atom is -0.480 e. The summed E-state index contributed by atoms with van der Waals surface area (Å²) >= 11 is 0. The van der Waals surface area contributed by atoms with Crippen LogP contribution in [-0.2, 0) is 14.4 Å². The number of rotatable bonds is 6. The number of nitrogen functional groups attached to an aromatic ring is 1. The minimum atomic E-state index is -1.11. The summed E-state index contributed by atoms with van der Waals surface area (Å²) < 4.78 is 0. The minimum absolute atomic E-state index is 0.0213. The summed E-state index contributed by atoms with van der Waals surface area (Å²) in [5, 5.41) is 8.22. The molecule has 1 amide bonds. The van der Waals surface area contributed by atoms with E-state index in [1.165, 1.54) is 6.08 Å². The lowest BCUT2D eigenvalue weighted by molar-refractivity contribution is -0.138. The number of amides is 1. The van der Waals surface area contributed by atoms with E-state index in [9.17, 15) is 14.4 Å². The van der Waals surface area contributed by atoms with Gasteiger partial charge in [0.1, 0.15) is 12.3 Å². The summed E-state index contributed by atoms with van der Waals surface area (Å²) in [6.45, 7) is 0. The van der Waals surface area contributed by atoms with Gasteiger partial charge >= 0.3 is 5.97 Å². The van der Waals surface area contributed by atoms with Gasteiger partial charge in [0.2, 0.25) is 5.91 Å². The highest BCUT2D eigenvalue weighted by atomic mass is 16.4. The van der Waals surface area contributed by atoms with Crippen LogP contribution in [0.4, 0.5) is 5.69 Å². The molecule has 0 heterocycles. The second-order valence-electron chi connectivity index (χ2n) is 4.11. The van der Waals surface area contributed by atoms with Crippen LogP contribution in [0.15, 0.2) is 30.3 Å². The third-order valence-corrected chi connectivity index (χ3v) is 2.32. The molecule has 0 radical (unpaired) electrons. The Labute approximate surface area is 122 Å². The van der Waals surface area contributed by atoms with Gasteiger partial charge in [-0.15, -0.1) is 0 Å². The predicted octanol–water partition coefficient (Wildman–Crippen LogP) is 0.145. The van der Waals surface area contributed by atoms with Gasteiger partial charge < -0.3 is 22.3 Å².